The number of carbonyl (C=O) groups is 1. The second-order valence-corrected chi connectivity index (χ2v) is 7.30. The summed E-state index contributed by atoms with van der Waals surface area (Å²) >= 11 is 1.43. The number of aryl methyl sites for hydroxylation is 3. The summed E-state index contributed by atoms with van der Waals surface area (Å²) < 4.78 is 0. The fourth-order valence-electron chi connectivity index (χ4n) is 3.28. The van der Waals surface area contributed by atoms with Gasteiger partial charge in [0.05, 0.1) is 17.4 Å². The van der Waals surface area contributed by atoms with Crippen LogP contribution in [0.15, 0.2) is 41.9 Å². The molecular weight excluding hydrogens is 344 g/mol. The Morgan fingerprint density at radius 2 is 1.88 bits per heavy atom. The molecule has 0 atom stereocenters. The molecule has 2 aromatic carbocycles. The van der Waals surface area contributed by atoms with Gasteiger partial charge in [0, 0.05) is 21.9 Å². The van der Waals surface area contributed by atoms with Crippen LogP contribution in [0.25, 0.3) is 22.2 Å². The average molecular weight is 362 g/mol. The van der Waals surface area contributed by atoms with Gasteiger partial charge in [-0.1, -0.05) is 23.8 Å². The van der Waals surface area contributed by atoms with Crippen LogP contribution >= 0.6 is 11.3 Å². The second-order valence-electron chi connectivity index (χ2n) is 6.44. The Morgan fingerprint density at radius 1 is 1.12 bits per heavy atom. The van der Waals surface area contributed by atoms with Gasteiger partial charge in [-0.25, -0.2) is 4.98 Å². The minimum absolute atomic E-state index is 0.181. The Bertz CT molecular complexity index is 1100. The zero-order valence-electron chi connectivity index (χ0n) is 14.8. The van der Waals surface area contributed by atoms with Crippen LogP contribution < -0.4 is 5.32 Å². The Kier molecular flexibility index (Phi) is 4.05. The smallest absolute Gasteiger partial charge is 0.257 e. The highest BCUT2D eigenvalue weighted by atomic mass is 32.1. The summed E-state index contributed by atoms with van der Waals surface area (Å²) in [6, 6.07) is 9.76. The number of fused-ring (bicyclic) bond motifs is 1. The highest BCUT2D eigenvalue weighted by Gasteiger charge is 2.13. The van der Waals surface area contributed by atoms with Crippen LogP contribution in [0, 0.1) is 20.8 Å². The van der Waals surface area contributed by atoms with Crippen LogP contribution in [0.4, 0.5) is 5.13 Å². The van der Waals surface area contributed by atoms with Crippen LogP contribution in [-0.4, -0.2) is 21.1 Å². The van der Waals surface area contributed by atoms with E-state index in [2.05, 4.69) is 53.4 Å². The van der Waals surface area contributed by atoms with E-state index < -0.39 is 0 Å². The van der Waals surface area contributed by atoms with E-state index in [1.807, 2.05) is 11.4 Å². The van der Waals surface area contributed by atoms with Crippen LogP contribution in [0.3, 0.4) is 0 Å². The predicted octanol–water partition coefficient (Wildman–Crippen LogP) is 4.86. The standard InChI is InChI=1S/C20H18N4OS/c1-11-6-12(2)18(13(3)7-11)17-10-26-20(22-17)23-19(25)14-4-5-15-9-21-24-16(15)8-14/h4-10H,1-3H3,(H,21,24)(H,22,23,25). The van der Waals surface area contributed by atoms with Gasteiger partial charge in [0.25, 0.3) is 5.91 Å². The lowest BCUT2D eigenvalue weighted by atomic mass is 9.98. The topological polar surface area (TPSA) is 70.7 Å². The van der Waals surface area contributed by atoms with E-state index in [-0.39, 0.29) is 5.91 Å². The monoisotopic (exact) mass is 362 g/mol. The minimum atomic E-state index is -0.181. The number of thiazole rings is 1. The van der Waals surface area contributed by atoms with Crippen molar-refractivity contribution in [2.24, 2.45) is 0 Å². The number of amides is 1. The largest absolute Gasteiger partial charge is 0.298 e. The lowest BCUT2D eigenvalue weighted by molar-refractivity contribution is 0.102. The van der Waals surface area contributed by atoms with Gasteiger partial charge < -0.3 is 0 Å². The van der Waals surface area contributed by atoms with Crippen molar-refractivity contribution in [3.05, 3.63) is 64.2 Å². The lowest BCUT2D eigenvalue weighted by Gasteiger charge is -2.08. The molecule has 2 aromatic heterocycles. The molecule has 0 saturated heterocycles. The molecule has 0 unspecified atom stereocenters. The van der Waals surface area contributed by atoms with Crippen molar-refractivity contribution in [3.63, 3.8) is 0 Å². The third-order valence-corrected chi connectivity index (χ3v) is 5.12. The average Bonchev–Trinajstić information content (AvgIpc) is 3.22. The van der Waals surface area contributed by atoms with Gasteiger partial charge in [-0.15, -0.1) is 11.3 Å². The fraction of sp³-hybridized carbons (Fsp3) is 0.150. The summed E-state index contributed by atoms with van der Waals surface area (Å²) in [4.78, 5) is 17.1. The highest BCUT2D eigenvalue weighted by Crippen LogP contribution is 2.31. The third-order valence-electron chi connectivity index (χ3n) is 4.36. The number of aromatic amines is 1. The Labute approximate surface area is 155 Å². The molecule has 0 bridgehead atoms. The molecular formula is C20H18N4OS. The zero-order chi connectivity index (χ0) is 18.3. The summed E-state index contributed by atoms with van der Waals surface area (Å²) in [6.45, 7) is 6.27. The molecule has 0 aliphatic heterocycles. The van der Waals surface area contributed by atoms with Gasteiger partial charge in [-0.05, 0) is 44.0 Å². The molecule has 2 heterocycles. The number of benzene rings is 2. The summed E-state index contributed by atoms with van der Waals surface area (Å²) in [6.07, 6.45) is 1.73. The van der Waals surface area contributed by atoms with Gasteiger partial charge >= 0.3 is 0 Å². The molecule has 0 fully saturated rings. The first kappa shape index (κ1) is 16.5. The molecule has 0 saturated carbocycles. The number of aromatic nitrogens is 3. The van der Waals surface area contributed by atoms with Crippen LogP contribution in [0.1, 0.15) is 27.0 Å². The Balaban J connectivity index is 1.59. The minimum Gasteiger partial charge on any atom is -0.298 e. The maximum Gasteiger partial charge on any atom is 0.257 e. The summed E-state index contributed by atoms with van der Waals surface area (Å²) in [5.41, 5.74) is 7.05. The van der Waals surface area contributed by atoms with Crippen molar-refractivity contribution in [1.82, 2.24) is 15.2 Å². The SMILES string of the molecule is Cc1cc(C)c(-c2csc(NC(=O)c3ccc4cn[nH]c4c3)n2)c(C)c1. The summed E-state index contributed by atoms with van der Waals surface area (Å²) in [5, 5.41) is 13.3. The van der Waals surface area contributed by atoms with Gasteiger partial charge in [0.15, 0.2) is 5.13 Å². The third kappa shape index (κ3) is 2.99. The molecule has 0 radical (unpaired) electrons. The van der Waals surface area contributed by atoms with E-state index in [0.29, 0.717) is 10.7 Å². The van der Waals surface area contributed by atoms with Gasteiger partial charge in [0.2, 0.25) is 0 Å². The number of nitrogens with zero attached hydrogens (tertiary/aromatic N) is 2. The molecule has 4 aromatic rings. The fourth-order valence-corrected chi connectivity index (χ4v) is 3.97. The number of hydrogen-bond donors (Lipinski definition) is 2. The first-order valence-corrected chi connectivity index (χ1v) is 9.17. The molecule has 0 aliphatic carbocycles. The highest BCUT2D eigenvalue weighted by molar-refractivity contribution is 7.14. The number of rotatable bonds is 3. The van der Waals surface area contributed by atoms with E-state index in [4.69, 9.17) is 0 Å². The van der Waals surface area contributed by atoms with E-state index >= 15 is 0 Å². The number of anilines is 1. The molecule has 0 aliphatic rings. The second kappa shape index (κ2) is 6.38. The lowest BCUT2D eigenvalue weighted by Crippen LogP contribution is -2.11. The van der Waals surface area contributed by atoms with Crippen LogP contribution in [-0.2, 0) is 0 Å². The molecule has 26 heavy (non-hydrogen) atoms. The summed E-state index contributed by atoms with van der Waals surface area (Å²) in [5.74, 6) is -0.181. The van der Waals surface area contributed by atoms with Crippen LogP contribution in [0.5, 0.6) is 0 Å². The van der Waals surface area contributed by atoms with Crippen molar-refractivity contribution >= 4 is 33.3 Å². The van der Waals surface area contributed by atoms with Crippen molar-refractivity contribution in [2.75, 3.05) is 5.32 Å². The van der Waals surface area contributed by atoms with E-state index in [9.17, 15) is 4.79 Å². The van der Waals surface area contributed by atoms with Crippen molar-refractivity contribution in [3.8, 4) is 11.3 Å². The first-order chi connectivity index (χ1) is 12.5. The zero-order valence-corrected chi connectivity index (χ0v) is 15.6. The maximum absolute atomic E-state index is 12.5. The van der Waals surface area contributed by atoms with E-state index in [0.717, 1.165) is 22.2 Å². The van der Waals surface area contributed by atoms with Crippen LogP contribution in [0.2, 0.25) is 0 Å². The molecule has 0 spiro atoms. The quantitative estimate of drug-likeness (QED) is 0.546. The van der Waals surface area contributed by atoms with Gasteiger partial charge in [-0.2, -0.15) is 5.10 Å². The Morgan fingerprint density at radius 3 is 2.65 bits per heavy atom. The van der Waals surface area contributed by atoms with E-state index in [1.165, 1.54) is 28.0 Å². The number of carbonyl (C=O) groups excluding carboxylic acids is 1. The number of hydrogen-bond acceptors (Lipinski definition) is 4. The number of nitrogens with one attached hydrogen (secondary N) is 2. The molecule has 1 amide bonds. The Hall–Kier alpha value is -2.99. The van der Waals surface area contributed by atoms with Gasteiger partial charge in [-0.3, -0.25) is 15.2 Å². The molecule has 4 rings (SSSR count). The maximum atomic E-state index is 12.5. The predicted molar refractivity (Wildman–Crippen MR) is 106 cm³/mol. The van der Waals surface area contributed by atoms with Crippen molar-refractivity contribution in [1.29, 1.82) is 0 Å². The number of H-pyrrole nitrogens is 1. The normalized spacial score (nSPS) is 11.0. The van der Waals surface area contributed by atoms with E-state index in [1.54, 1.807) is 18.3 Å². The molecule has 2 N–H and O–H groups in total. The van der Waals surface area contributed by atoms with Crippen molar-refractivity contribution in [2.45, 2.75) is 20.8 Å². The van der Waals surface area contributed by atoms with Crippen molar-refractivity contribution < 1.29 is 4.79 Å². The summed E-state index contributed by atoms with van der Waals surface area (Å²) in [7, 11) is 0. The van der Waals surface area contributed by atoms with Gasteiger partial charge in [0.1, 0.15) is 0 Å². The first-order valence-electron chi connectivity index (χ1n) is 8.29. The molecule has 5 nitrogen and oxygen atoms in total. The molecule has 6 heteroatoms. The molecule has 130 valence electrons.